The zero-order valence-corrected chi connectivity index (χ0v) is 18.3. The second-order valence-corrected chi connectivity index (χ2v) is 7.75. The molecule has 0 saturated heterocycles. The minimum Gasteiger partial charge on any atom is -0.205 e. The van der Waals surface area contributed by atoms with Crippen molar-refractivity contribution in [1.29, 1.82) is 0 Å². The lowest BCUT2D eigenvalue weighted by Gasteiger charge is -2.09. The summed E-state index contributed by atoms with van der Waals surface area (Å²) in [4.78, 5) is 3.77. The van der Waals surface area contributed by atoms with Gasteiger partial charge >= 0.3 is 0 Å². The minimum absolute atomic E-state index is 0.218. The maximum absolute atomic E-state index is 14.1. The van der Waals surface area contributed by atoms with E-state index in [9.17, 15) is 4.39 Å². The normalized spacial score (nSPS) is 11.2. The predicted molar refractivity (Wildman–Crippen MR) is 127 cm³/mol. The molecule has 0 bridgehead atoms. The van der Waals surface area contributed by atoms with Crippen LogP contribution in [0.3, 0.4) is 0 Å². The van der Waals surface area contributed by atoms with Gasteiger partial charge in [0.25, 0.3) is 0 Å². The lowest BCUT2D eigenvalue weighted by Crippen LogP contribution is -1.97. The third kappa shape index (κ3) is 5.51. The summed E-state index contributed by atoms with van der Waals surface area (Å²) >= 11 is 4.56. The SMILES string of the molecule is CCC(C)Cc1ccc(-c2ccc(C#Cc3cc(C)c(N=C=S)c(F)c3)cc2)cc1. The van der Waals surface area contributed by atoms with Gasteiger partial charge in [0.05, 0.1) is 5.16 Å². The molecule has 1 nitrogen and oxygen atoms in total. The summed E-state index contributed by atoms with van der Waals surface area (Å²) in [7, 11) is 0. The third-order valence-corrected chi connectivity index (χ3v) is 5.31. The monoisotopic (exact) mass is 413 g/mol. The van der Waals surface area contributed by atoms with E-state index in [1.807, 2.05) is 12.1 Å². The Balaban J connectivity index is 1.75. The van der Waals surface area contributed by atoms with Crippen molar-refractivity contribution < 1.29 is 4.39 Å². The molecule has 0 fully saturated rings. The van der Waals surface area contributed by atoms with Crippen molar-refractivity contribution in [3.8, 4) is 23.0 Å². The first-order chi connectivity index (χ1) is 14.5. The molecule has 0 spiro atoms. The number of benzene rings is 3. The smallest absolute Gasteiger partial charge is 0.151 e. The third-order valence-electron chi connectivity index (χ3n) is 5.22. The molecule has 0 amide bonds. The van der Waals surface area contributed by atoms with Crippen LogP contribution in [0.2, 0.25) is 0 Å². The molecule has 3 heteroatoms. The molecule has 0 radical (unpaired) electrons. The van der Waals surface area contributed by atoms with E-state index in [-0.39, 0.29) is 5.69 Å². The van der Waals surface area contributed by atoms with E-state index in [0.29, 0.717) is 17.0 Å². The Morgan fingerprint density at radius 2 is 1.53 bits per heavy atom. The Labute approximate surface area is 183 Å². The largest absolute Gasteiger partial charge is 0.205 e. The van der Waals surface area contributed by atoms with E-state index in [1.54, 1.807) is 13.0 Å². The van der Waals surface area contributed by atoms with Gasteiger partial charge in [0.2, 0.25) is 0 Å². The average Bonchev–Trinajstić information content (AvgIpc) is 2.75. The maximum Gasteiger partial charge on any atom is 0.151 e. The second kappa shape index (κ2) is 10.1. The Morgan fingerprint density at radius 3 is 2.10 bits per heavy atom. The van der Waals surface area contributed by atoms with Crippen LogP contribution in [0.5, 0.6) is 0 Å². The summed E-state index contributed by atoms with van der Waals surface area (Å²) < 4.78 is 14.1. The van der Waals surface area contributed by atoms with Crippen molar-refractivity contribution in [2.24, 2.45) is 10.9 Å². The quantitative estimate of drug-likeness (QED) is 0.239. The lowest BCUT2D eigenvalue weighted by molar-refractivity contribution is 0.560. The first kappa shape index (κ1) is 21.7. The van der Waals surface area contributed by atoms with E-state index in [4.69, 9.17) is 0 Å². The highest BCUT2D eigenvalue weighted by molar-refractivity contribution is 7.78. The first-order valence-electron chi connectivity index (χ1n) is 10.1. The van der Waals surface area contributed by atoms with E-state index in [2.05, 4.69) is 84.5 Å². The van der Waals surface area contributed by atoms with Crippen LogP contribution < -0.4 is 0 Å². The Kier molecular flexibility index (Phi) is 7.31. The van der Waals surface area contributed by atoms with Gasteiger partial charge in [-0.25, -0.2) is 4.39 Å². The zero-order valence-electron chi connectivity index (χ0n) is 17.5. The highest BCUT2D eigenvalue weighted by atomic mass is 32.1. The summed E-state index contributed by atoms with van der Waals surface area (Å²) in [6.07, 6.45) is 2.31. The standard InChI is InChI=1S/C27H24FNS/c1-4-19(2)15-22-9-13-25(14-10-22)24-11-7-21(8-12-24)5-6-23-16-20(3)27(29-18-30)26(28)17-23/h7-14,16-17,19H,4,15H2,1-3H3. The molecule has 0 aromatic heterocycles. The fourth-order valence-electron chi connectivity index (χ4n) is 3.27. The molecule has 0 aliphatic carbocycles. The van der Waals surface area contributed by atoms with Crippen molar-refractivity contribution >= 4 is 23.1 Å². The molecule has 3 aromatic rings. The Hall–Kier alpha value is -3.05. The predicted octanol–water partition coefficient (Wildman–Crippen LogP) is 7.52. The van der Waals surface area contributed by atoms with Gasteiger partial charge < -0.3 is 0 Å². The molecule has 30 heavy (non-hydrogen) atoms. The zero-order chi connectivity index (χ0) is 21.5. The molecule has 1 atom stereocenters. The molecule has 0 saturated carbocycles. The summed E-state index contributed by atoms with van der Waals surface area (Å²) in [5.74, 6) is 6.39. The topological polar surface area (TPSA) is 12.4 Å². The fraction of sp³-hybridized carbons (Fsp3) is 0.222. The first-order valence-corrected chi connectivity index (χ1v) is 10.5. The van der Waals surface area contributed by atoms with Gasteiger partial charge in [-0.15, -0.1) is 0 Å². The van der Waals surface area contributed by atoms with Gasteiger partial charge in [0, 0.05) is 11.1 Å². The van der Waals surface area contributed by atoms with Gasteiger partial charge in [0.1, 0.15) is 5.69 Å². The van der Waals surface area contributed by atoms with Gasteiger partial charge in [-0.2, -0.15) is 4.99 Å². The minimum atomic E-state index is -0.441. The average molecular weight is 414 g/mol. The Bertz CT molecular complexity index is 1110. The molecule has 0 N–H and O–H groups in total. The van der Waals surface area contributed by atoms with E-state index in [1.165, 1.54) is 23.6 Å². The number of hydrogen-bond donors (Lipinski definition) is 0. The molecule has 0 aliphatic rings. The summed E-state index contributed by atoms with van der Waals surface area (Å²) in [5.41, 5.74) is 6.11. The van der Waals surface area contributed by atoms with Crippen LogP contribution >= 0.6 is 12.2 Å². The summed E-state index contributed by atoms with van der Waals surface area (Å²) in [6.45, 7) is 6.29. The number of aryl methyl sites for hydroxylation is 1. The van der Waals surface area contributed by atoms with Gasteiger partial charge in [-0.1, -0.05) is 68.5 Å². The second-order valence-electron chi connectivity index (χ2n) is 7.57. The fourth-order valence-corrected chi connectivity index (χ4v) is 3.36. The number of hydrogen-bond acceptors (Lipinski definition) is 2. The van der Waals surface area contributed by atoms with Crippen molar-refractivity contribution in [2.75, 3.05) is 0 Å². The van der Waals surface area contributed by atoms with Crippen LogP contribution in [-0.4, -0.2) is 5.16 Å². The van der Waals surface area contributed by atoms with Crippen LogP contribution in [0.1, 0.15) is 42.5 Å². The van der Waals surface area contributed by atoms with Gasteiger partial charge in [0.15, 0.2) is 5.82 Å². The molecule has 3 rings (SSSR count). The Morgan fingerprint density at radius 1 is 0.933 bits per heavy atom. The van der Waals surface area contributed by atoms with Crippen molar-refractivity contribution in [3.63, 3.8) is 0 Å². The lowest BCUT2D eigenvalue weighted by atomic mass is 9.96. The van der Waals surface area contributed by atoms with Crippen LogP contribution in [-0.2, 0) is 6.42 Å². The van der Waals surface area contributed by atoms with Crippen molar-refractivity contribution in [1.82, 2.24) is 0 Å². The number of halogens is 1. The number of thiocarbonyl (C=S) groups is 1. The molecular formula is C27H24FNS. The van der Waals surface area contributed by atoms with Crippen LogP contribution in [0, 0.1) is 30.5 Å². The molecule has 0 heterocycles. The van der Waals surface area contributed by atoms with Crippen molar-refractivity contribution in [2.45, 2.75) is 33.6 Å². The maximum atomic E-state index is 14.1. The van der Waals surface area contributed by atoms with Gasteiger partial charge in [-0.3, -0.25) is 0 Å². The molecule has 3 aromatic carbocycles. The highest BCUT2D eigenvalue weighted by Crippen LogP contribution is 2.24. The summed E-state index contributed by atoms with van der Waals surface area (Å²) in [6, 6.07) is 20.1. The molecule has 0 aliphatic heterocycles. The summed E-state index contributed by atoms with van der Waals surface area (Å²) in [5, 5.41) is 2.21. The number of nitrogens with zero attached hydrogens (tertiary/aromatic N) is 1. The molecule has 1 unspecified atom stereocenters. The van der Waals surface area contributed by atoms with Crippen LogP contribution in [0.15, 0.2) is 65.7 Å². The molecular weight excluding hydrogens is 389 g/mol. The van der Waals surface area contributed by atoms with Crippen LogP contribution in [0.4, 0.5) is 10.1 Å². The number of rotatable bonds is 5. The number of aliphatic imine (C=N–C) groups is 1. The molecule has 150 valence electrons. The van der Waals surface area contributed by atoms with E-state index >= 15 is 0 Å². The van der Waals surface area contributed by atoms with E-state index in [0.717, 1.165) is 17.5 Å². The van der Waals surface area contributed by atoms with Gasteiger partial charge in [-0.05, 0) is 78.0 Å². The van der Waals surface area contributed by atoms with Crippen molar-refractivity contribution in [3.05, 3.63) is 88.7 Å². The van der Waals surface area contributed by atoms with Crippen LogP contribution in [0.25, 0.3) is 11.1 Å². The number of isothiocyanates is 1. The van der Waals surface area contributed by atoms with E-state index < -0.39 is 5.82 Å². The highest BCUT2D eigenvalue weighted by Gasteiger charge is 2.06.